The molecule has 0 aliphatic heterocycles. The van der Waals surface area contributed by atoms with Crippen molar-refractivity contribution in [3.8, 4) is 0 Å². The summed E-state index contributed by atoms with van der Waals surface area (Å²) in [7, 11) is 0. The van der Waals surface area contributed by atoms with Crippen LogP contribution in [0.15, 0.2) is 55.0 Å². The fourth-order valence-electron chi connectivity index (χ4n) is 2.62. The summed E-state index contributed by atoms with van der Waals surface area (Å²) in [6.07, 6.45) is 3.18. The van der Waals surface area contributed by atoms with Gasteiger partial charge in [-0.3, -0.25) is 4.79 Å². The zero-order valence-corrected chi connectivity index (χ0v) is 15.4. The quantitative estimate of drug-likeness (QED) is 0.560. The maximum absolute atomic E-state index is 12.3. The Morgan fingerprint density at radius 1 is 0.926 bits per heavy atom. The number of nitrogens with one attached hydrogen (secondary N) is 3. The summed E-state index contributed by atoms with van der Waals surface area (Å²) in [5.74, 6) is 1.95. The van der Waals surface area contributed by atoms with Gasteiger partial charge in [0.05, 0.1) is 0 Å². The van der Waals surface area contributed by atoms with Crippen LogP contribution in [-0.2, 0) is 0 Å². The number of amides is 1. The number of aryl methyl sites for hydroxylation is 2. The third-order valence-electron chi connectivity index (χ3n) is 3.93. The second-order valence-electron chi connectivity index (χ2n) is 6.13. The minimum absolute atomic E-state index is 0.0745. The molecular weight excluding hydrogens is 340 g/mol. The maximum Gasteiger partial charge on any atom is 0.251 e. The molecule has 1 amide bonds. The van der Waals surface area contributed by atoms with Gasteiger partial charge < -0.3 is 16.0 Å². The normalized spacial score (nSPS) is 10.3. The molecule has 0 radical (unpaired) electrons. The van der Waals surface area contributed by atoms with Gasteiger partial charge in [0, 0.05) is 30.9 Å². The zero-order chi connectivity index (χ0) is 19.1. The number of anilines is 3. The first-order valence-corrected chi connectivity index (χ1v) is 8.71. The first kappa shape index (κ1) is 18.3. The Labute approximate surface area is 158 Å². The first-order chi connectivity index (χ1) is 13.1. The second kappa shape index (κ2) is 8.75. The van der Waals surface area contributed by atoms with Gasteiger partial charge in [0.2, 0.25) is 0 Å². The number of pyridine rings is 1. The number of hydrogen-bond acceptors (Lipinski definition) is 6. The molecule has 0 bridgehead atoms. The van der Waals surface area contributed by atoms with Crippen LogP contribution in [0.3, 0.4) is 0 Å². The van der Waals surface area contributed by atoms with Gasteiger partial charge in [0.15, 0.2) is 0 Å². The second-order valence-corrected chi connectivity index (χ2v) is 6.13. The van der Waals surface area contributed by atoms with Crippen LogP contribution in [0.1, 0.15) is 21.5 Å². The molecule has 0 unspecified atom stereocenters. The van der Waals surface area contributed by atoms with E-state index in [1.54, 1.807) is 12.3 Å². The molecule has 7 heteroatoms. The van der Waals surface area contributed by atoms with Crippen LogP contribution in [0.5, 0.6) is 0 Å². The summed E-state index contributed by atoms with van der Waals surface area (Å²) >= 11 is 0. The van der Waals surface area contributed by atoms with Crippen LogP contribution in [0, 0.1) is 13.8 Å². The first-order valence-electron chi connectivity index (χ1n) is 8.71. The van der Waals surface area contributed by atoms with Crippen molar-refractivity contribution >= 4 is 23.4 Å². The van der Waals surface area contributed by atoms with Gasteiger partial charge in [0.25, 0.3) is 5.91 Å². The lowest BCUT2D eigenvalue weighted by Gasteiger charge is -2.10. The lowest BCUT2D eigenvalue weighted by atomic mass is 10.1. The number of hydrogen-bond donors (Lipinski definition) is 3. The smallest absolute Gasteiger partial charge is 0.251 e. The molecular formula is C20H22N6O. The van der Waals surface area contributed by atoms with E-state index in [1.807, 2.05) is 50.2 Å². The molecule has 3 N–H and O–H groups in total. The molecule has 1 aromatic carbocycles. The van der Waals surface area contributed by atoms with Crippen LogP contribution in [-0.4, -0.2) is 33.9 Å². The molecule has 27 heavy (non-hydrogen) atoms. The summed E-state index contributed by atoms with van der Waals surface area (Å²) in [5.41, 5.74) is 2.82. The molecule has 3 aromatic rings. The highest BCUT2D eigenvalue weighted by Crippen LogP contribution is 2.13. The lowest BCUT2D eigenvalue weighted by molar-refractivity contribution is 0.0954. The van der Waals surface area contributed by atoms with Gasteiger partial charge in [-0.1, -0.05) is 23.8 Å². The molecule has 0 atom stereocenters. The molecule has 7 nitrogen and oxygen atoms in total. The van der Waals surface area contributed by atoms with Crippen LogP contribution < -0.4 is 16.0 Å². The Balaban J connectivity index is 1.49. The van der Waals surface area contributed by atoms with Crippen molar-refractivity contribution in [2.45, 2.75) is 13.8 Å². The van der Waals surface area contributed by atoms with Gasteiger partial charge in [0.1, 0.15) is 23.8 Å². The molecule has 0 aliphatic rings. The van der Waals surface area contributed by atoms with E-state index in [9.17, 15) is 4.79 Å². The number of aromatic nitrogens is 3. The fourth-order valence-corrected chi connectivity index (χ4v) is 2.62. The molecule has 2 heterocycles. The molecule has 2 aromatic heterocycles. The highest BCUT2D eigenvalue weighted by Gasteiger charge is 2.08. The van der Waals surface area contributed by atoms with E-state index in [0.29, 0.717) is 36.1 Å². The molecule has 3 rings (SSSR count). The summed E-state index contributed by atoms with van der Waals surface area (Å²) < 4.78 is 0. The Bertz CT molecular complexity index is 913. The summed E-state index contributed by atoms with van der Waals surface area (Å²) in [6, 6.07) is 13.2. The highest BCUT2D eigenvalue weighted by atomic mass is 16.1. The third kappa shape index (κ3) is 5.24. The molecule has 0 saturated carbocycles. The van der Waals surface area contributed by atoms with Gasteiger partial charge in [-0.05, 0) is 37.6 Å². The van der Waals surface area contributed by atoms with Crippen molar-refractivity contribution in [1.29, 1.82) is 0 Å². The van der Waals surface area contributed by atoms with Gasteiger partial charge in [-0.15, -0.1) is 0 Å². The van der Waals surface area contributed by atoms with Gasteiger partial charge in [-0.2, -0.15) is 0 Å². The van der Waals surface area contributed by atoms with Crippen molar-refractivity contribution in [2.75, 3.05) is 23.7 Å². The number of rotatable bonds is 7. The standard InChI is InChI=1S/C20H22N6O/c1-14-6-7-16(15(2)11-14)20(27)23-10-9-22-18-12-19(25-13-24-18)26-17-5-3-4-8-21-17/h3-8,11-13H,9-10H2,1-2H3,(H,23,27)(H2,21,22,24,25,26). The lowest BCUT2D eigenvalue weighted by Crippen LogP contribution is -2.29. The van der Waals surface area contributed by atoms with E-state index in [1.165, 1.54) is 6.33 Å². The van der Waals surface area contributed by atoms with Crippen molar-refractivity contribution in [3.05, 3.63) is 71.7 Å². The average Bonchev–Trinajstić information content (AvgIpc) is 2.66. The molecule has 0 fully saturated rings. The highest BCUT2D eigenvalue weighted by molar-refractivity contribution is 5.95. The van der Waals surface area contributed by atoms with E-state index >= 15 is 0 Å². The fraction of sp³-hybridized carbons (Fsp3) is 0.200. The number of carbonyl (C=O) groups excluding carboxylic acids is 1. The number of benzene rings is 1. The Morgan fingerprint density at radius 2 is 1.78 bits per heavy atom. The van der Waals surface area contributed by atoms with E-state index in [-0.39, 0.29) is 5.91 Å². The minimum Gasteiger partial charge on any atom is -0.368 e. The Hall–Kier alpha value is -3.48. The van der Waals surface area contributed by atoms with Crippen molar-refractivity contribution < 1.29 is 4.79 Å². The van der Waals surface area contributed by atoms with Crippen LogP contribution >= 0.6 is 0 Å². The summed E-state index contributed by atoms with van der Waals surface area (Å²) in [6.45, 7) is 4.99. The van der Waals surface area contributed by atoms with Crippen LogP contribution in [0.2, 0.25) is 0 Å². The summed E-state index contributed by atoms with van der Waals surface area (Å²) in [5, 5.41) is 9.20. The number of nitrogens with zero attached hydrogens (tertiary/aromatic N) is 3. The maximum atomic E-state index is 12.3. The Morgan fingerprint density at radius 3 is 2.56 bits per heavy atom. The van der Waals surface area contributed by atoms with Crippen molar-refractivity contribution in [3.63, 3.8) is 0 Å². The van der Waals surface area contributed by atoms with E-state index < -0.39 is 0 Å². The predicted molar refractivity (Wildman–Crippen MR) is 106 cm³/mol. The van der Waals surface area contributed by atoms with Crippen molar-refractivity contribution in [1.82, 2.24) is 20.3 Å². The van der Waals surface area contributed by atoms with Crippen LogP contribution in [0.4, 0.5) is 17.5 Å². The SMILES string of the molecule is Cc1ccc(C(=O)NCCNc2cc(Nc3ccccn3)ncn2)c(C)c1. The zero-order valence-electron chi connectivity index (χ0n) is 15.4. The average molecular weight is 362 g/mol. The van der Waals surface area contributed by atoms with E-state index in [0.717, 1.165) is 11.1 Å². The minimum atomic E-state index is -0.0745. The van der Waals surface area contributed by atoms with E-state index in [2.05, 4.69) is 30.9 Å². The monoisotopic (exact) mass is 362 g/mol. The predicted octanol–water partition coefficient (Wildman–Crippen LogP) is 3.07. The van der Waals surface area contributed by atoms with Crippen LogP contribution in [0.25, 0.3) is 0 Å². The molecule has 0 saturated heterocycles. The third-order valence-corrected chi connectivity index (χ3v) is 3.93. The molecule has 138 valence electrons. The van der Waals surface area contributed by atoms with Gasteiger partial charge >= 0.3 is 0 Å². The largest absolute Gasteiger partial charge is 0.368 e. The Kier molecular flexibility index (Phi) is 5.94. The van der Waals surface area contributed by atoms with E-state index in [4.69, 9.17) is 0 Å². The molecule has 0 aliphatic carbocycles. The molecule has 0 spiro atoms. The summed E-state index contributed by atoms with van der Waals surface area (Å²) in [4.78, 5) is 24.8. The van der Waals surface area contributed by atoms with Crippen molar-refractivity contribution in [2.24, 2.45) is 0 Å². The topological polar surface area (TPSA) is 91.8 Å². The number of carbonyl (C=O) groups is 1. The van der Waals surface area contributed by atoms with Gasteiger partial charge in [-0.25, -0.2) is 15.0 Å².